The summed E-state index contributed by atoms with van der Waals surface area (Å²) in [4.78, 5) is 22.2. The van der Waals surface area contributed by atoms with E-state index in [2.05, 4.69) is 10.0 Å². The first-order chi connectivity index (χ1) is 15.1. The Morgan fingerprint density at radius 1 is 1.16 bits per heavy atom. The molecule has 172 valence electrons. The summed E-state index contributed by atoms with van der Waals surface area (Å²) in [6.45, 7) is 1.96. The van der Waals surface area contributed by atoms with Crippen LogP contribution in [0.4, 0.5) is 5.69 Å². The number of carboxylic acids is 1. The number of amides is 1. The topological polar surface area (TPSA) is 151 Å². The van der Waals surface area contributed by atoms with Gasteiger partial charge in [0.1, 0.15) is 22.1 Å². The molecule has 1 aliphatic carbocycles. The molecule has 0 radical (unpaired) electrons. The second-order valence-corrected chi connectivity index (χ2v) is 9.00. The number of ether oxygens (including phenoxy) is 2. The van der Waals surface area contributed by atoms with E-state index in [1.165, 1.54) is 25.3 Å². The average Bonchev–Trinajstić information content (AvgIpc) is 3.22. The van der Waals surface area contributed by atoms with Crippen LogP contribution in [0.3, 0.4) is 0 Å². The lowest BCUT2D eigenvalue weighted by atomic mass is 10.0. The normalized spacial score (nSPS) is 12.9. The van der Waals surface area contributed by atoms with Gasteiger partial charge in [0, 0.05) is 31.0 Å². The Kier molecular flexibility index (Phi) is 7.02. The first-order valence-corrected chi connectivity index (χ1v) is 11.3. The van der Waals surface area contributed by atoms with Crippen LogP contribution in [0.15, 0.2) is 29.2 Å². The number of carbonyl (C=O) groups is 2. The van der Waals surface area contributed by atoms with E-state index in [4.69, 9.17) is 14.6 Å². The van der Waals surface area contributed by atoms with Crippen LogP contribution in [-0.4, -0.2) is 50.8 Å². The number of phenolic OH excluding ortho intramolecular Hbond substituents is 1. The van der Waals surface area contributed by atoms with Gasteiger partial charge in [0.15, 0.2) is 0 Å². The molecule has 32 heavy (non-hydrogen) atoms. The fraction of sp³-hybridized carbons (Fsp3) is 0.333. The maximum absolute atomic E-state index is 12.5. The average molecular weight is 464 g/mol. The standard InChI is InChI=1S/C21H24N2O8S/c1-12-10-16(23-20(25)21(26)27)14-4-3-5-15(14)19(12)31-13-6-7-17(24)18(11-13)32(28,29)22-8-9-30-2/h6-7,10-11,22,24H,3-5,8-9H2,1-2H3,(H,23,25)(H,26,27). The van der Waals surface area contributed by atoms with E-state index in [1.807, 2.05) is 0 Å². The Hall–Kier alpha value is -3.15. The first-order valence-electron chi connectivity index (χ1n) is 9.83. The molecule has 2 aromatic carbocycles. The third kappa shape index (κ3) is 5.01. The predicted molar refractivity (Wildman–Crippen MR) is 115 cm³/mol. The largest absolute Gasteiger partial charge is 0.507 e. The van der Waals surface area contributed by atoms with Gasteiger partial charge >= 0.3 is 11.9 Å². The molecule has 3 rings (SSSR count). The van der Waals surface area contributed by atoms with Gasteiger partial charge in [0.25, 0.3) is 0 Å². The van der Waals surface area contributed by atoms with Gasteiger partial charge < -0.3 is 25.0 Å². The molecule has 1 amide bonds. The second-order valence-electron chi connectivity index (χ2n) is 7.26. The second kappa shape index (κ2) is 9.55. The molecule has 4 N–H and O–H groups in total. The molecule has 0 heterocycles. The molecule has 0 unspecified atom stereocenters. The predicted octanol–water partition coefficient (Wildman–Crippen LogP) is 1.93. The number of carboxylic acid groups (broad SMARTS) is 1. The summed E-state index contributed by atoms with van der Waals surface area (Å²) in [6, 6.07) is 5.54. The van der Waals surface area contributed by atoms with Crippen LogP contribution in [0, 0.1) is 6.92 Å². The molecule has 1 aliphatic rings. The molecule has 0 aromatic heterocycles. The van der Waals surface area contributed by atoms with E-state index < -0.39 is 27.6 Å². The number of rotatable bonds is 8. The van der Waals surface area contributed by atoms with Crippen LogP contribution in [0.25, 0.3) is 0 Å². The minimum Gasteiger partial charge on any atom is -0.507 e. The highest BCUT2D eigenvalue weighted by Gasteiger charge is 2.25. The summed E-state index contributed by atoms with van der Waals surface area (Å²) in [5, 5.41) is 21.4. The molecule has 0 fully saturated rings. The van der Waals surface area contributed by atoms with Gasteiger partial charge in [0.2, 0.25) is 10.0 Å². The Morgan fingerprint density at radius 2 is 1.88 bits per heavy atom. The number of aryl methyl sites for hydroxylation is 1. The lowest BCUT2D eigenvalue weighted by molar-refractivity contribution is -0.147. The van der Waals surface area contributed by atoms with Crippen molar-refractivity contribution in [3.63, 3.8) is 0 Å². The highest BCUT2D eigenvalue weighted by Crippen LogP contribution is 2.41. The first kappa shape index (κ1) is 23.5. The van der Waals surface area contributed by atoms with Crippen LogP contribution in [0.2, 0.25) is 0 Å². The van der Waals surface area contributed by atoms with Gasteiger partial charge in [-0.3, -0.25) is 4.79 Å². The number of aliphatic carboxylic acids is 1. The number of nitrogens with one attached hydrogen (secondary N) is 2. The van der Waals surface area contributed by atoms with Crippen molar-refractivity contribution in [2.45, 2.75) is 31.1 Å². The maximum Gasteiger partial charge on any atom is 0.394 e. The number of hydrogen-bond donors (Lipinski definition) is 4. The Morgan fingerprint density at radius 3 is 2.56 bits per heavy atom. The zero-order chi connectivity index (χ0) is 23.5. The van der Waals surface area contributed by atoms with E-state index in [9.17, 15) is 23.1 Å². The number of carbonyl (C=O) groups excluding carboxylic acids is 1. The smallest absolute Gasteiger partial charge is 0.394 e. The Bertz CT molecular complexity index is 1160. The number of anilines is 1. The van der Waals surface area contributed by atoms with E-state index in [1.54, 1.807) is 13.0 Å². The van der Waals surface area contributed by atoms with Gasteiger partial charge in [0.05, 0.1) is 6.61 Å². The molecular formula is C21H24N2O8S. The summed E-state index contributed by atoms with van der Waals surface area (Å²) in [7, 11) is -2.55. The fourth-order valence-electron chi connectivity index (χ4n) is 3.57. The Labute approximate surface area is 185 Å². The fourth-order valence-corrected chi connectivity index (χ4v) is 4.70. The number of aromatic hydroxyl groups is 1. The van der Waals surface area contributed by atoms with Crippen LogP contribution < -0.4 is 14.8 Å². The monoisotopic (exact) mass is 464 g/mol. The number of hydrogen-bond acceptors (Lipinski definition) is 7. The third-order valence-corrected chi connectivity index (χ3v) is 6.51. The van der Waals surface area contributed by atoms with Crippen LogP contribution >= 0.6 is 0 Å². The highest BCUT2D eigenvalue weighted by atomic mass is 32.2. The lowest BCUT2D eigenvalue weighted by Crippen LogP contribution is -2.27. The van der Waals surface area contributed by atoms with Crippen molar-refractivity contribution in [1.29, 1.82) is 0 Å². The molecule has 2 aromatic rings. The van der Waals surface area contributed by atoms with E-state index in [0.717, 1.165) is 17.5 Å². The van der Waals surface area contributed by atoms with Gasteiger partial charge in [-0.2, -0.15) is 0 Å². The lowest BCUT2D eigenvalue weighted by Gasteiger charge is -2.18. The van der Waals surface area contributed by atoms with Gasteiger partial charge in [-0.05, 0) is 55.5 Å². The summed E-state index contributed by atoms with van der Waals surface area (Å²) in [5.74, 6) is -2.41. The molecule has 11 heteroatoms. The van der Waals surface area contributed by atoms with Crippen molar-refractivity contribution in [3.8, 4) is 17.2 Å². The summed E-state index contributed by atoms with van der Waals surface area (Å²) in [5.41, 5.74) is 2.67. The van der Waals surface area contributed by atoms with Gasteiger partial charge in [-0.1, -0.05) is 0 Å². The molecule has 0 bridgehead atoms. The minimum atomic E-state index is -3.99. The highest BCUT2D eigenvalue weighted by molar-refractivity contribution is 7.89. The molecule has 10 nitrogen and oxygen atoms in total. The number of phenols is 1. The van der Waals surface area contributed by atoms with E-state index in [-0.39, 0.29) is 23.8 Å². The van der Waals surface area contributed by atoms with Crippen LogP contribution in [0.5, 0.6) is 17.2 Å². The number of fused-ring (bicyclic) bond motifs is 1. The zero-order valence-corrected chi connectivity index (χ0v) is 18.4. The summed E-state index contributed by atoms with van der Waals surface area (Å²) >= 11 is 0. The van der Waals surface area contributed by atoms with Crippen LogP contribution in [0.1, 0.15) is 23.1 Å². The summed E-state index contributed by atoms with van der Waals surface area (Å²) in [6.07, 6.45) is 2.09. The molecule has 0 saturated carbocycles. The molecule has 0 atom stereocenters. The van der Waals surface area contributed by atoms with Crippen molar-refractivity contribution in [1.82, 2.24) is 4.72 Å². The van der Waals surface area contributed by atoms with Crippen molar-refractivity contribution >= 4 is 27.6 Å². The van der Waals surface area contributed by atoms with Crippen molar-refractivity contribution in [3.05, 3.63) is 41.0 Å². The quantitative estimate of drug-likeness (QED) is 0.342. The minimum absolute atomic E-state index is 0.0412. The van der Waals surface area contributed by atoms with Gasteiger partial charge in [-0.25, -0.2) is 17.9 Å². The zero-order valence-electron chi connectivity index (χ0n) is 17.6. The van der Waals surface area contributed by atoms with E-state index >= 15 is 0 Å². The summed E-state index contributed by atoms with van der Waals surface area (Å²) < 4.78 is 38.2. The molecule has 0 saturated heterocycles. The molecule has 0 aliphatic heterocycles. The van der Waals surface area contributed by atoms with E-state index in [0.29, 0.717) is 29.8 Å². The van der Waals surface area contributed by atoms with Crippen molar-refractivity contribution in [2.24, 2.45) is 0 Å². The number of sulfonamides is 1. The molecular weight excluding hydrogens is 440 g/mol. The van der Waals surface area contributed by atoms with Crippen molar-refractivity contribution in [2.75, 3.05) is 25.6 Å². The third-order valence-electron chi connectivity index (χ3n) is 5.02. The van der Waals surface area contributed by atoms with Gasteiger partial charge in [-0.15, -0.1) is 0 Å². The Balaban J connectivity index is 1.94. The number of benzene rings is 2. The van der Waals surface area contributed by atoms with Crippen molar-refractivity contribution < 1.29 is 37.7 Å². The molecule has 0 spiro atoms. The maximum atomic E-state index is 12.5. The number of methoxy groups -OCH3 is 1. The van der Waals surface area contributed by atoms with Crippen LogP contribution in [-0.2, 0) is 37.2 Å². The SMILES string of the molecule is COCCNS(=O)(=O)c1cc(Oc2c(C)cc(NC(=O)C(=O)O)c3c2CCC3)ccc1O.